The molecule has 20 heavy (non-hydrogen) atoms. The van der Waals surface area contributed by atoms with Crippen LogP contribution in [0.25, 0.3) is 0 Å². The first kappa shape index (κ1) is 15.8. The minimum atomic E-state index is -0.704. The summed E-state index contributed by atoms with van der Waals surface area (Å²) in [6.07, 6.45) is 0. The number of carbonyl (C=O) groups is 2. The maximum Gasteiger partial charge on any atom is 0.255 e. The molecule has 0 saturated carbocycles. The number of aromatic hydroxyl groups is 2. The second kappa shape index (κ2) is 6.79. The number of rotatable bonds is 5. The van der Waals surface area contributed by atoms with Crippen LogP contribution in [0.3, 0.4) is 0 Å². The number of carbonyl (C=O) groups excluding carboxylic acids is 2. The molecule has 1 aromatic rings. The van der Waals surface area contributed by atoms with Gasteiger partial charge in [-0.25, -0.2) is 0 Å². The van der Waals surface area contributed by atoms with E-state index in [1.54, 1.807) is 11.8 Å². The van der Waals surface area contributed by atoms with Crippen LogP contribution in [0.2, 0.25) is 0 Å². The zero-order chi connectivity index (χ0) is 15.3. The van der Waals surface area contributed by atoms with Crippen molar-refractivity contribution in [1.82, 2.24) is 10.2 Å². The molecular formula is C14H20N2O4. The lowest BCUT2D eigenvalue weighted by atomic mass is 10.1. The summed E-state index contributed by atoms with van der Waals surface area (Å²) in [7, 11) is 0. The second-order valence-electron chi connectivity index (χ2n) is 4.41. The highest BCUT2D eigenvalue weighted by molar-refractivity contribution is 5.99. The van der Waals surface area contributed by atoms with Crippen molar-refractivity contribution in [3.63, 3.8) is 0 Å². The molecule has 0 aliphatic heterocycles. The molecule has 1 rings (SSSR count). The molecule has 0 aliphatic rings. The zero-order valence-corrected chi connectivity index (χ0v) is 11.9. The van der Waals surface area contributed by atoms with Crippen molar-refractivity contribution in [2.24, 2.45) is 0 Å². The van der Waals surface area contributed by atoms with Crippen LogP contribution in [0.1, 0.15) is 31.1 Å². The first-order valence-electron chi connectivity index (χ1n) is 6.52. The van der Waals surface area contributed by atoms with Crippen molar-refractivity contribution >= 4 is 11.8 Å². The van der Waals surface area contributed by atoms with Crippen LogP contribution in [-0.2, 0) is 4.79 Å². The Morgan fingerprint density at radius 3 is 2.40 bits per heavy atom. The molecule has 0 radical (unpaired) electrons. The Morgan fingerprint density at radius 2 is 1.85 bits per heavy atom. The quantitative estimate of drug-likeness (QED) is 0.704. The van der Waals surface area contributed by atoms with Gasteiger partial charge in [0, 0.05) is 13.1 Å². The van der Waals surface area contributed by atoms with E-state index in [-0.39, 0.29) is 23.0 Å². The Balaban J connectivity index is 2.80. The van der Waals surface area contributed by atoms with Crippen molar-refractivity contribution in [3.05, 3.63) is 23.8 Å². The van der Waals surface area contributed by atoms with Gasteiger partial charge in [0.2, 0.25) is 5.91 Å². The largest absolute Gasteiger partial charge is 0.508 e. The first-order chi connectivity index (χ1) is 9.40. The van der Waals surface area contributed by atoms with Gasteiger partial charge in [-0.05, 0) is 39.0 Å². The van der Waals surface area contributed by atoms with Crippen LogP contribution in [0.5, 0.6) is 11.5 Å². The highest BCUT2D eigenvalue weighted by Gasteiger charge is 2.22. The van der Waals surface area contributed by atoms with Crippen LogP contribution in [0.4, 0.5) is 0 Å². The van der Waals surface area contributed by atoms with Gasteiger partial charge in [-0.2, -0.15) is 0 Å². The average molecular weight is 280 g/mol. The van der Waals surface area contributed by atoms with Gasteiger partial charge >= 0.3 is 0 Å². The van der Waals surface area contributed by atoms with Gasteiger partial charge in [0.15, 0.2) is 0 Å². The number of amides is 2. The number of hydrogen-bond donors (Lipinski definition) is 3. The van der Waals surface area contributed by atoms with Gasteiger partial charge < -0.3 is 20.4 Å². The van der Waals surface area contributed by atoms with Gasteiger partial charge in [0.25, 0.3) is 5.91 Å². The topological polar surface area (TPSA) is 89.9 Å². The molecule has 0 aliphatic carbocycles. The summed E-state index contributed by atoms with van der Waals surface area (Å²) >= 11 is 0. The highest BCUT2D eigenvalue weighted by Crippen LogP contribution is 2.21. The molecule has 0 spiro atoms. The third kappa shape index (κ3) is 3.63. The minimum absolute atomic E-state index is 0.0656. The lowest BCUT2D eigenvalue weighted by molar-refractivity contribution is -0.132. The van der Waals surface area contributed by atoms with Gasteiger partial charge in [0.1, 0.15) is 17.5 Å². The van der Waals surface area contributed by atoms with Crippen molar-refractivity contribution in [2.75, 3.05) is 13.1 Å². The number of nitrogens with one attached hydrogen (secondary N) is 1. The van der Waals surface area contributed by atoms with Gasteiger partial charge in [-0.1, -0.05) is 0 Å². The van der Waals surface area contributed by atoms with E-state index in [2.05, 4.69) is 5.32 Å². The lowest BCUT2D eigenvalue weighted by Crippen LogP contribution is -2.46. The molecule has 0 heterocycles. The van der Waals surface area contributed by atoms with Crippen LogP contribution >= 0.6 is 0 Å². The summed E-state index contributed by atoms with van der Waals surface area (Å²) in [6.45, 7) is 6.42. The maximum atomic E-state index is 12.0. The number of phenols is 2. The average Bonchev–Trinajstić information content (AvgIpc) is 2.42. The van der Waals surface area contributed by atoms with Crippen molar-refractivity contribution in [3.8, 4) is 11.5 Å². The third-order valence-corrected chi connectivity index (χ3v) is 3.02. The lowest BCUT2D eigenvalue weighted by Gasteiger charge is -2.23. The molecule has 1 unspecified atom stereocenters. The van der Waals surface area contributed by atoms with E-state index in [4.69, 9.17) is 0 Å². The van der Waals surface area contributed by atoms with Gasteiger partial charge in [-0.3, -0.25) is 9.59 Å². The number of nitrogens with zero attached hydrogens (tertiary/aromatic N) is 1. The van der Waals surface area contributed by atoms with Gasteiger partial charge in [-0.15, -0.1) is 0 Å². The van der Waals surface area contributed by atoms with E-state index in [1.807, 2.05) is 13.8 Å². The van der Waals surface area contributed by atoms with Crippen molar-refractivity contribution < 1.29 is 19.8 Å². The standard InChI is InChI=1S/C14H20N2O4/c1-4-16(5-2)14(20)9(3)15-13(19)11-8-10(17)6-7-12(11)18/h6-9,17-18H,4-5H2,1-3H3,(H,15,19). The van der Waals surface area contributed by atoms with E-state index >= 15 is 0 Å². The van der Waals surface area contributed by atoms with E-state index in [0.717, 1.165) is 6.07 Å². The Bertz CT molecular complexity index is 498. The van der Waals surface area contributed by atoms with E-state index in [0.29, 0.717) is 13.1 Å². The van der Waals surface area contributed by atoms with E-state index in [9.17, 15) is 19.8 Å². The molecule has 3 N–H and O–H groups in total. The maximum absolute atomic E-state index is 12.0. The van der Waals surface area contributed by atoms with Crippen molar-refractivity contribution in [2.45, 2.75) is 26.8 Å². The molecule has 1 aromatic carbocycles. The summed E-state index contributed by atoms with van der Waals surface area (Å²) < 4.78 is 0. The molecular weight excluding hydrogens is 260 g/mol. The first-order valence-corrected chi connectivity index (χ1v) is 6.52. The number of phenolic OH excluding ortho intramolecular Hbond substituents is 2. The molecule has 1 atom stereocenters. The summed E-state index contributed by atoms with van der Waals surface area (Å²) in [5.41, 5.74) is -0.0656. The van der Waals surface area contributed by atoms with Crippen LogP contribution in [-0.4, -0.2) is 46.1 Å². The highest BCUT2D eigenvalue weighted by atomic mass is 16.3. The molecule has 110 valence electrons. The predicted octanol–water partition coefficient (Wildman–Crippen LogP) is 1.08. The van der Waals surface area contributed by atoms with Crippen LogP contribution in [0.15, 0.2) is 18.2 Å². The summed E-state index contributed by atoms with van der Waals surface area (Å²) in [6, 6.07) is 2.95. The molecule has 0 bridgehead atoms. The fourth-order valence-electron chi connectivity index (χ4n) is 1.85. The summed E-state index contributed by atoms with van der Waals surface area (Å²) in [4.78, 5) is 25.6. The molecule has 6 heteroatoms. The Labute approximate surface area is 118 Å². The van der Waals surface area contributed by atoms with Crippen LogP contribution in [0, 0.1) is 0 Å². The SMILES string of the molecule is CCN(CC)C(=O)C(C)NC(=O)c1cc(O)ccc1O. The molecule has 0 aromatic heterocycles. The predicted molar refractivity (Wildman–Crippen MR) is 74.6 cm³/mol. The van der Waals surface area contributed by atoms with Crippen LogP contribution < -0.4 is 5.32 Å². The molecule has 2 amide bonds. The number of hydrogen-bond acceptors (Lipinski definition) is 4. The monoisotopic (exact) mass is 280 g/mol. The molecule has 0 fully saturated rings. The van der Waals surface area contributed by atoms with E-state index in [1.165, 1.54) is 12.1 Å². The third-order valence-electron chi connectivity index (χ3n) is 3.02. The fourth-order valence-corrected chi connectivity index (χ4v) is 1.85. The molecule has 6 nitrogen and oxygen atoms in total. The number of benzene rings is 1. The normalized spacial score (nSPS) is 11.8. The Kier molecular flexibility index (Phi) is 5.37. The van der Waals surface area contributed by atoms with Crippen molar-refractivity contribution in [1.29, 1.82) is 0 Å². The Morgan fingerprint density at radius 1 is 1.25 bits per heavy atom. The Hall–Kier alpha value is -2.24. The smallest absolute Gasteiger partial charge is 0.255 e. The number of likely N-dealkylation sites (N-methyl/N-ethyl adjacent to an activating group) is 1. The van der Waals surface area contributed by atoms with Gasteiger partial charge in [0.05, 0.1) is 5.56 Å². The fraction of sp³-hybridized carbons (Fsp3) is 0.429. The van der Waals surface area contributed by atoms with E-state index < -0.39 is 11.9 Å². The minimum Gasteiger partial charge on any atom is -0.508 e. The summed E-state index contributed by atoms with van der Waals surface area (Å²) in [5, 5.41) is 21.4. The summed E-state index contributed by atoms with van der Waals surface area (Å²) in [5.74, 6) is -1.17. The molecule has 0 saturated heterocycles. The zero-order valence-electron chi connectivity index (χ0n) is 11.9. The second-order valence-corrected chi connectivity index (χ2v) is 4.41.